The van der Waals surface area contributed by atoms with Crippen molar-refractivity contribution in [1.29, 1.82) is 0 Å². The van der Waals surface area contributed by atoms with E-state index in [-0.39, 0.29) is 29.5 Å². The lowest BCUT2D eigenvalue weighted by Gasteiger charge is -2.14. The first-order valence-corrected chi connectivity index (χ1v) is 9.54. The van der Waals surface area contributed by atoms with Gasteiger partial charge in [-0.05, 0) is 36.4 Å². The van der Waals surface area contributed by atoms with Crippen LogP contribution in [-0.4, -0.2) is 44.4 Å². The number of nitrogens with zero attached hydrogens (tertiary/aromatic N) is 1. The molecule has 0 unspecified atom stereocenters. The fraction of sp³-hybridized carbons (Fsp3) is 0.222. The molecule has 0 spiro atoms. The zero-order valence-corrected chi connectivity index (χ0v) is 14.9. The van der Waals surface area contributed by atoms with Crippen LogP contribution in [0.3, 0.4) is 0 Å². The minimum absolute atomic E-state index is 0.00491. The number of sulfonamides is 1. The number of rotatable bonds is 7. The summed E-state index contributed by atoms with van der Waals surface area (Å²) in [5, 5.41) is 0. The minimum atomic E-state index is -4.04. The van der Waals surface area contributed by atoms with Gasteiger partial charge in [0, 0.05) is 6.42 Å². The summed E-state index contributed by atoms with van der Waals surface area (Å²) in [7, 11) is -4.04. The summed E-state index contributed by atoms with van der Waals surface area (Å²) in [5.41, 5.74) is 0.0398. The number of benzene rings is 2. The molecule has 1 aliphatic heterocycles. The molecule has 0 fully saturated rings. The van der Waals surface area contributed by atoms with Gasteiger partial charge in [0.05, 0.1) is 18.8 Å². The van der Waals surface area contributed by atoms with Crippen molar-refractivity contribution in [3.05, 3.63) is 59.9 Å². The predicted octanol–water partition coefficient (Wildman–Crippen LogP) is 1.98. The average Bonchev–Trinajstić information content (AvgIpc) is 2.84. The first-order chi connectivity index (χ1) is 12.9. The number of hydrogen-bond donors (Lipinski definition) is 0. The van der Waals surface area contributed by atoms with E-state index in [2.05, 4.69) is 0 Å². The third kappa shape index (κ3) is 4.08. The summed E-state index contributed by atoms with van der Waals surface area (Å²) in [4.78, 5) is 24.0. The fourth-order valence-electron chi connectivity index (χ4n) is 2.52. The number of halogens is 1. The van der Waals surface area contributed by atoms with Crippen LogP contribution in [0.25, 0.3) is 0 Å². The van der Waals surface area contributed by atoms with Gasteiger partial charge >= 0.3 is 5.97 Å². The van der Waals surface area contributed by atoms with Gasteiger partial charge < -0.3 is 9.47 Å². The van der Waals surface area contributed by atoms with Crippen LogP contribution in [0.15, 0.2) is 53.4 Å². The van der Waals surface area contributed by atoms with Crippen molar-refractivity contribution in [1.82, 2.24) is 4.31 Å². The summed E-state index contributed by atoms with van der Waals surface area (Å²) in [6, 6.07) is 11.3. The summed E-state index contributed by atoms with van der Waals surface area (Å²) in [5.74, 6) is -1.47. The minimum Gasteiger partial charge on any atom is -0.493 e. The molecule has 7 nitrogen and oxygen atoms in total. The van der Waals surface area contributed by atoms with Crippen molar-refractivity contribution in [3.8, 4) is 5.75 Å². The van der Waals surface area contributed by atoms with Crippen LogP contribution < -0.4 is 4.74 Å². The molecule has 0 saturated heterocycles. The number of ether oxygens (including phenoxy) is 2. The number of amides is 1. The van der Waals surface area contributed by atoms with E-state index in [1.54, 1.807) is 6.07 Å². The number of fused-ring (bicyclic) bond motifs is 1. The Morgan fingerprint density at radius 1 is 1.04 bits per heavy atom. The van der Waals surface area contributed by atoms with E-state index in [9.17, 15) is 22.4 Å². The largest absolute Gasteiger partial charge is 0.493 e. The van der Waals surface area contributed by atoms with Gasteiger partial charge in [-0.1, -0.05) is 12.1 Å². The molecule has 2 aromatic carbocycles. The van der Waals surface area contributed by atoms with Crippen LogP contribution in [0.1, 0.15) is 16.8 Å². The highest BCUT2D eigenvalue weighted by Crippen LogP contribution is 2.29. The van der Waals surface area contributed by atoms with Gasteiger partial charge in [-0.3, -0.25) is 9.59 Å². The Labute approximate surface area is 155 Å². The molecule has 3 rings (SSSR count). The first-order valence-electron chi connectivity index (χ1n) is 8.09. The Kier molecular flexibility index (Phi) is 5.41. The fourth-order valence-corrected chi connectivity index (χ4v) is 4.03. The maximum atomic E-state index is 12.8. The zero-order chi connectivity index (χ0) is 19.4. The van der Waals surface area contributed by atoms with E-state index >= 15 is 0 Å². The highest BCUT2D eigenvalue weighted by Gasteiger charge is 2.42. The van der Waals surface area contributed by atoms with Gasteiger partial charge in [0.1, 0.15) is 23.0 Å². The smallest absolute Gasteiger partial charge is 0.326 e. The molecule has 0 saturated carbocycles. The molecule has 1 heterocycles. The quantitative estimate of drug-likeness (QED) is 0.528. The number of carbonyl (C=O) groups excluding carboxylic acids is 2. The Bertz CT molecular complexity index is 958. The monoisotopic (exact) mass is 393 g/mol. The van der Waals surface area contributed by atoms with Crippen LogP contribution in [0.5, 0.6) is 5.75 Å². The van der Waals surface area contributed by atoms with E-state index in [1.165, 1.54) is 42.5 Å². The average molecular weight is 393 g/mol. The topological polar surface area (TPSA) is 90.0 Å². The Morgan fingerprint density at radius 3 is 2.44 bits per heavy atom. The summed E-state index contributed by atoms with van der Waals surface area (Å²) in [6.45, 7) is -0.463. The molecular weight excluding hydrogens is 377 g/mol. The lowest BCUT2D eigenvalue weighted by molar-refractivity contribution is -0.143. The van der Waals surface area contributed by atoms with Crippen molar-refractivity contribution in [2.45, 2.75) is 11.3 Å². The molecule has 0 bridgehead atoms. The van der Waals surface area contributed by atoms with Crippen LogP contribution in [0, 0.1) is 5.82 Å². The third-order valence-electron chi connectivity index (χ3n) is 3.82. The Hall–Kier alpha value is -2.94. The van der Waals surface area contributed by atoms with Crippen LogP contribution >= 0.6 is 0 Å². The second-order valence-corrected chi connectivity index (χ2v) is 7.52. The molecule has 0 radical (unpaired) electrons. The summed E-state index contributed by atoms with van der Waals surface area (Å²) in [6.07, 6.45) is 0.351. The van der Waals surface area contributed by atoms with Crippen molar-refractivity contribution in [2.24, 2.45) is 0 Å². The summed E-state index contributed by atoms with van der Waals surface area (Å²) >= 11 is 0. The van der Waals surface area contributed by atoms with Gasteiger partial charge in [-0.15, -0.1) is 0 Å². The van der Waals surface area contributed by atoms with Gasteiger partial charge in [-0.25, -0.2) is 17.1 Å². The molecule has 1 aliphatic rings. The molecule has 2 aromatic rings. The number of hydrogen-bond acceptors (Lipinski definition) is 6. The lowest BCUT2D eigenvalue weighted by atomic mass is 10.2. The van der Waals surface area contributed by atoms with Gasteiger partial charge in [0.2, 0.25) is 0 Å². The van der Waals surface area contributed by atoms with Crippen molar-refractivity contribution >= 4 is 21.9 Å². The van der Waals surface area contributed by atoms with Crippen molar-refractivity contribution < 1.29 is 31.9 Å². The first kappa shape index (κ1) is 18.8. The highest BCUT2D eigenvalue weighted by molar-refractivity contribution is 7.90. The maximum absolute atomic E-state index is 12.8. The molecule has 0 aliphatic carbocycles. The molecule has 142 valence electrons. The predicted molar refractivity (Wildman–Crippen MR) is 92.1 cm³/mol. The molecule has 1 amide bonds. The van der Waals surface area contributed by atoms with E-state index in [0.717, 1.165) is 0 Å². The van der Waals surface area contributed by atoms with Crippen LogP contribution in [-0.2, 0) is 19.6 Å². The molecular formula is C18H16FNO6S. The molecule has 27 heavy (non-hydrogen) atoms. The second-order valence-electron chi connectivity index (χ2n) is 5.69. The Morgan fingerprint density at radius 2 is 1.74 bits per heavy atom. The highest BCUT2D eigenvalue weighted by atomic mass is 32.2. The number of carbonyl (C=O) groups is 2. The molecule has 9 heteroatoms. The molecule has 0 atom stereocenters. The SMILES string of the molecule is O=C(CN1C(=O)c2ccccc2S1(=O)=O)OCCCOc1ccc(F)cc1. The standard InChI is InChI=1S/C18H16FNO6S/c19-13-6-8-14(9-7-13)25-10-3-11-26-17(21)12-20-18(22)15-4-1-2-5-16(15)27(20,23)24/h1-2,4-9H,3,10-12H2. The number of esters is 1. The van der Waals surface area contributed by atoms with Crippen LogP contribution in [0.4, 0.5) is 4.39 Å². The van der Waals surface area contributed by atoms with E-state index in [4.69, 9.17) is 9.47 Å². The van der Waals surface area contributed by atoms with E-state index < -0.39 is 28.4 Å². The third-order valence-corrected chi connectivity index (χ3v) is 5.61. The van der Waals surface area contributed by atoms with Crippen molar-refractivity contribution in [3.63, 3.8) is 0 Å². The summed E-state index contributed by atoms with van der Waals surface area (Å²) < 4.78 is 48.3. The van der Waals surface area contributed by atoms with Crippen molar-refractivity contribution in [2.75, 3.05) is 19.8 Å². The van der Waals surface area contributed by atoms with E-state index in [1.807, 2.05) is 0 Å². The van der Waals surface area contributed by atoms with Crippen LogP contribution in [0.2, 0.25) is 0 Å². The van der Waals surface area contributed by atoms with Gasteiger partial charge in [0.25, 0.3) is 15.9 Å². The molecule has 0 N–H and O–H groups in total. The second kappa shape index (κ2) is 7.75. The maximum Gasteiger partial charge on any atom is 0.326 e. The Balaban J connectivity index is 1.46. The normalized spacial score (nSPS) is 14.7. The lowest BCUT2D eigenvalue weighted by Crippen LogP contribution is -2.36. The zero-order valence-electron chi connectivity index (χ0n) is 14.1. The van der Waals surface area contributed by atoms with Gasteiger partial charge in [0.15, 0.2) is 0 Å². The molecule has 0 aromatic heterocycles. The van der Waals surface area contributed by atoms with Gasteiger partial charge in [-0.2, -0.15) is 0 Å². The van der Waals surface area contributed by atoms with E-state index in [0.29, 0.717) is 16.5 Å².